The minimum atomic E-state index is -0.900. The Bertz CT molecular complexity index is 626. The third kappa shape index (κ3) is 5.88. The van der Waals surface area contributed by atoms with Crippen LogP contribution in [-0.4, -0.2) is 28.7 Å². The number of nitrogens with zero attached hydrogens (tertiary/aromatic N) is 1. The van der Waals surface area contributed by atoms with E-state index >= 15 is 0 Å². The highest BCUT2D eigenvalue weighted by atomic mass is 16.4. The molecule has 0 spiro atoms. The molecule has 0 heterocycles. The predicted octanol–water partition coefficient (Wildman–Crippen LogP) is 4.52. The van der Waals surface area contributed by atoms with Crippen LogP contribution in [0.1, 0.15) is 36.8 Å². The summed E-state index contributed by atoms with van der Waals surface area (Å²) in [7, 11) is 0. The minimum Gasteiger partial charge on any atom is -0.465 e. The molecule has 2 aromatic rings. The second kappa shape index (κ2) is 9.39. The van der Waals surface area contributed by atoms with E-state index in [0.717, 1.165) is 45.3 Å². The molecule has 2 N–H and O–H groups in total. The molecule has 0 aromatic heterocycles. The van der Waals surface area contributed by atoms with Crippen LogP contribution in [0, 0.1) is 5.92 Å². The molecule has 1 fully saturated rings. The van der Waals surface area contributed by atoms with Crippen molar-refractivity contribution < 1.29 is 9.90 Å². The van der Waals surface area contributed by atoms with Gasteiger partial charge >= 0.3 is 6.09 Å². The van der Waals surface area contributed by atoms with Gasteiger partial charge in [-0.1, -0.05) is 60.7 Å². The van der Waals surface area contributed by atoms with Crippen LogP contribution in [0.5, 0.6) is 0 Å². The van der Waals surface area contributed by atoms with E-state index in [4.69, 9.17) is 5.11 Å². The lowest BCUT2D eigenvalue weighted by atomic mass is 9.85. The van der Waals surface area contributed by atoms with Gasteiger partial charge in [0, 0.05) is 25.7 Å². The Morgan fingerprint density at radius 1 is 0.885 bits per heavy atom. The van der Waals surface area contributed by atoms with Gasteiger partial charge in [-0.15, -0.1) is 0 Å². The molecule has 1 aliphatic rings. The molecule has 0 saturated heterocycles. The van der Waals surface area contributed by atoms with Crippen molar-refractivity contribution in [2.75, 3.05) is 6.54 Å². The largest absolute Gasteiger partial charge is 0.465 e. The molecular formula is C22H28N2O2. The number of carbonyl (C=O) groups is 1. The first-order valence-electron chi connectivity index (χ1n) is 9.48. The third-order valence-corrected chi connectivity index (χ3v) is 5.19. The molecule has 1 aliphatic carbocycles. The maximum atomic E-state index is 10.8. The summed E-state index contributed by atoms with van der Waals surface area (Å²) in [5.74, 6) is 0.634. The fourth-order valence-electron chi connectivity index (χ4n) is 3.90. The van der Waals surface area contributed by atoms with E-state index in [-0.39, 0.29) is 6.04 Å². The van der Waals surface area contributed by atoms with Crippen molar-refractivity contribution in [2.45, 2.75) is 44.8 Å². The molecule has 4 heteroatoms. The van der Waals surface area contributed by atoms with Gasteiger partial charge in [0.15, 0.2) is 0 Å². The summed E-state index contributed by atoms with van der Waals surface area (Å²) < 4.78 is 0. The number of amides is 1. The zero-order valence-electron chi connectivity index (χ0n) is 15.2. The Hall–Kier alpha value is -2.33. The zero-order chi connectivity index (χ0) is 18.2. The van der Waals surface area contributed by atoms with Crippen molar-refractivity contribution in [1.29, 1.82) is 0 Å². The molecule has 0 unspecified atom stereocenters. The highest BCUT2D eigenvalue weighted by Crippen LogP contribution is 2.26. The lowest BCUT2D eigenvalue weighted by Gasteiger charge is -2.33. The number of carboxylic acid groups (broad SMARTS) is 1. The van der Waals surface area contributed by atoms with Crippen molar-refractivity contribution in [3.8, 4) is 0 Å². The second-order valence-corrected chi connectivity index (χ2v) is 7.31. The number of hydrogen-bond donors (Lipinski definition) is 2. The van der Waals surface area contributed by atoms with E-state index in [9.17, 15) is 4.79 Å². The third-order valence-electron chi connectivity index (χ3n) is 5.19. The van der Waals surface area contributed by atoms with E-state index in [2.05, 4.69) is 70.9 Å². The first kappa shape index (κ1) is 18.5. The maximum Gasteiger partial charge on any atom is 0.404 e. The lowest BCUT2D eigenvalue weighted by molar-refractivity contribution is 0.163. The summed E-state index contributed by atoms with van der Waals surface area (Å²) in [5, 5.41) is 11.5. The molecule has 4 nitrogen and oxygen atoms in total. The first-order chi connectivity index (χ1) is 12.7. The van der Waals surface area contributed by atoms with Gasteiger partial charge in [0.1, 0.15) is 0 Å². The molecule has 3 rings (SSSR count). The van der Waals surface area contributed by atoms with Crippen LogP contribution in [0.3, 0.4) is 0 Å². The van der Waals surface area contributed by atoms with Crippen LogP contribution in [0.25, 0.3) is 0 Å². The van der Waals surface area contributed by atoms with Gasteiger partial charge in [-0.05, 0) is 42.7 Å². The summed E-state index contributed by atoms with van der Waals surface area (Å²) in [5.41, 5.74) is 2.68. The summed E-state index contributed by atoms with van der Waals surface area (Å²) in [6.07, 6.45) is 3.17. The van der Waals surface area contributed by atoms with E-state index in [1.807, 2.05) is 0 Å². The van der Waals surface area contributed by atoms with E-state index in [1.54, 1.807) is 0 Å². The number of hydrogen-bond acceptors (Lipinski definition) is 2. The highest BCUT2D eigenvalue weighted by molar-refractivity contribution is 5.64. The quantitative estimate of drug-likeness (QED) is 0.770. The second-order valence-electron chi connectivity index (χ2n) is 7.31. The van der Waals surface area contributed by atoms with Gasteiger partial charge in [0.25, 0.3) is 0 Å². The standard InChI is InChI=1S/C22H28N2O2/c25-22(26)23-21-13-11-20(12-14-21)17-24(15-18-7-3-1-4-8-18)16-19-9-5-2-6-10-19/h1-10,20-21,23H,11-17H2,(H,25,26)/t20-,21-. The van der Waals surface area contributed by atoms with Crippen LogP contribution >= 0.6 is 0 Å². The monoisotopic (exact) mass is 352 g/mol. The van der Waals surface area contributed by atoms with E-state index < -0.39 is 6.09 Å². The lowest BCUT2D eigenvalue weighted by Crippen LogP contribution is -2.39. The Kier molecular flexibility index (Phi) is 6.67. The van der Waals surface area contributed by atoms with Crippen LogP contribution in [-0.2, 0) is 13.1 Å². The van der Waals surface area contributed by atoms with Crippen molar-refractivity contribution in [3.05, 3.63) is 71.8 Å². The number of nitrogens with one attached hydrogen (secondary N) is 1. The van der Waals surface area contributed by atoms with E-state index in [0.29, 0.717) is 5.92 Å². The molecule has 26 heavy (non-hydrogen) atoms. The van der Waals surface area contributed by atoms with Crippen LogP contribution in [0.2, 0.25) is 0 Å². The SMILES string of the molecule is O=C(O)N[C@H]1CC[C@H](CN(Cc2ccccc2)Cc2ccccc2)CC1. The molecule has 138 valence electrons. The molecule has 0 bridgehead atoms. The topological polar surface area (TPSA) is 52.6 Å². The average molecular weight is 352 g/mol. The molecule has 1 amide bonds. The predicted molar refractivity (Wildman–Crippen MR) is 104 cm³/mol. The van der Waals surface area contributed by atoms with Crippen LogP contribution in [0.4, 0.5) is 4.79 Å². The first-order valence-corrected chi connectivity index (χ1v) is 9.48. The average Bonchev–Trinajstić information content (AvgIpc) is 2.64. The normalized spacial score (nSPS) is 20.0. The smallest absolute Gasteiger partial charge is 0.404 e. The Morgan fingerprint density at radius 2 is 1.38 bits per heavy atom. The van der Waals surface area contributed by atoms with Crippen LogP contribution < -0.4 is 5.32 Å². The summed E-state index contributed by atoms with van der Waals surface area (Å²) >= 11 is 0. The Balaban J connectivity index is 1.59. The van der Waals surface area contributed by atoms with Crippen molar-refractivity contribution >= 4 is 6.09 Å². The molecule has 1 saturated carbocycles. The summed E-state index contributed by atoms with van der Waals surface area (Å²) in [6.45, 7) is 2.95. The van der Waals surface area contributed by atoms with Crippen molar-refractivity contribution in [2.24, 2.45) is 5.92 Å². The summed E-state index contributed by atoms with van der Waals surface area (Å²) in [4.78, 5) is 13.3. The van der Waals surface area contributed by atoms with Gasteiger partial charge in [0.05, 0.1) is 0 Å². The van der Waals surface area contributed by atoms with Gasteiger partial charge < -0.3 is 10.4 Å². The Labute approximate surface area is 155 Å². The maximum absolute atomic E-state index is 10.8. The number of rotatable bonds is 7. The van der Waals surface area contributed by atoms with Crippen molar-refractivity contribution in [3.63, 3.8) is 0 Å². The molecule has 0 radical (unpaired) electrons. The van der Waals surface area contributed by atoms with E-state index in [1.165, 1.54) is 11.1 Å². The summed E-state index contributed by atoms with van der Waals surface area (Å²) in [6, 6.07) is 21.4. The van der Waals surface area contributed by atoms with Gasteiger partial charge in [-0.2, -0.15) is 0 Å². The molecule has 0 aliphatic heterocycles. The van der Waals surface area contributed by atoms with Crippen molar-refractivity contribution in [1.82, 2.24) is 10.2 Å². The minimum absolute atomic E-state index is 0.125. The number of benzene rings is 2. The molecule has 0 atom stereocenters. The Morgan fingerprint density at radius 3 is 1.85 bits per heavy atom. The van der Waals surface area contributed by atoms with Crippen LogP contribution in [0.15, 0.2) is 60.7 Å². The molecular weight excluding hydrogens is 324 g/mol. The zero-order valence-corrected chi connectivity index (χ0v) is 15.2. The fraction of sp³-hybridized carbons (Fsp3) is 0.409. The highest BCUT2D eigenvalue weighted by Gasteiger charge is 2.24. The van der Waals surface area contributed by atoms with Gasteiger partial charge in [-0.25, -0.2) is 4.79 Å². The van der Waals surface area contributed by atoms with Gasteiger partial charge in [0.2, 0.25) is 0 Å². The fourth-order valence-corrected chi connectivity index (χ4v) is 3.90. The van der Waals surface area contributed by atoms with Gasteiger partial charge in [-0.3, -0.25) is 4.90 Å². The molecule has 2 aromatic carbocycles.